The molecule has 2 nitrogen and oxygen atoms in total. The Morgan fingerprint density at radius 3 is 1.86 bits per heavy atom. The van der Waals surface area contributed by atoms with Crippen LogP contribution in [0.3, 0.4) is 0 Å². The first-order valence-corrected chi connectivity index (χ1v) is 7.40. The van der Waals surface area contributed by atoms with Crippen LogP contribution in [0.1, 0.15) is 48.0 Å². The summed E-state index contributed by atoms with van der Waals surface area (Å²) in [6, 6.07) is 0. The predicted octanol–water partition coefficient (Wildman–Crippen LogP) is 1.88. The average molecular weight is 275 g/mol. The van der Waals surface area contributed by atoms with Crippen LogP contribution < -0.4 is 0 Å². The average Bonchev–Trinajstić information content (AvgIpc) is 2.43. The van der Waals surface area contributed by atoms with Gasteiger partial charge in [-0.15, -0.1) is 5.47 Å². The molecule has 21 heavy (non-hydrogen) atoms. The molecule has 1 unspecified atom stereocenters. The van der Waals surface area contributed by atoms with Crippen molar-refractivity contribution in [3.05, 3.63) is 10.9 Å². The van der Waals surface area contributed by atoms with Crippen LogP contribution in [-0.4, -0.2) is 49.7 Å². The van der Waals surface area contributed by atoms with E-state index in [1.807, 2.05) is 41.5 Å². The van der Waals surface area contributed by atoms with Gasteiger partial charge in [-0.25, -0.2) is 0 Å². The van der Waals surface area contributed by atoms with Crippen molar-refractivity contribution in [2.75, 3.05) is 0 Å². The molecular weight excluding hydrogens is 254 g/mol. The molecule has 7 heteroatoms. The van der Waals surface area contributed by atoms with Gasteiger partial charge < -0.3 is 9.31 Å². The Kier molecular flexibility index (Phi) is 3.91. The largest absolute Gasteiger partial charge is 0.488 e. The van der Waals surface area contributed by atoms with Gasteiger partial charge in [0, 0.05) is 0 Å². The minimum Gasteiger partial charge on any atom is -0.400 e. The van der Waals surface area contributed by atoms with Crippen molar-refractivity contribution in [3.63, 3.8) is 0 Å². The smallest absolute Gasteiger partial charge is 0.400 e. The summed E-state index contributed by atoms with van der Waals surface area (Å²) in [5, 5.41) is -1.26. The van der Waals surface area contributed by atoms with E-state index in [1.165, 1.54) is 0 Å². The predicted molar refractivity (Wildman–Crippen MR) is 91.0 cm³/mol. The lowest BCUT2D eigenvalue weighted by Gasteiger charge is -2.51. The minimum atomic E-state index is -1.26. The van der Waals surface area contributed by atoms with Crippen LogP contribution in [0.15, 0.2) is 10.9 Å². The van der Waals surface area contributed by atoms with Crippen LogP contribution in [0.4, 0.5) is 0 Å². The summed E-state index contributed by atoms with van der Waals surface area (Å²) in [5.41, 5.74) is -0.0325. The second-order valence-corrected chi connectivity index (χ2v) is 8.10. The van der Waals surface area contributed by atoms with Gasteiger partial charge in [0.25, 0.3) is 0 Å². The van der Waals surface area contributed by atoms with Crippen molar-refractivity contribution in [2.24, 2.45) is 5.41 Å². The zero-order chi connectivity index (χ0) is 16.4. The molecule has 2 aliphatic rings. The van der Waals surface area contributed by atoms with E-state index in [9.17, 15) is 0 Å². The molecule has 1 saturated heterocycles. The molecule has 1 heterocycles. The molecule has 1 fully saturated rings. The van der Waals surface area contributed by atoms with Gasteiger partial charge in [-0.3, -0.25) is 0 Å². The first kappa shape index (κ1) is 17.3. The van der Waals surface area contributed by atoms with Crippen LogP contribution in [0, 0.1) is 5.41 Å². The summed E-state index contributed by atoms with van der Waals surface area (Å²) in [6.07, 6.45) is 0.615. The van der Waals surface area contributed by atoms with Crippen LogP contribution >= 0.6 is 0 Å². The first-order valence-electron chi connectivity index (χ1n) is 7.40. The summed E-state index contributed by atoms with van der Waals surface area (Å²) in [4.78, 5) is 0. The summed E-state index contributed by atoms with van der Waals surface area (Å²) in [7, 11) is 24.6. The van der Waals surface area contributed by atoms with E-state index in [1.54, 1.807) is 0 Å². The third-order valence-electron chi connectivity index (χ3n) is 5.30. The molecule has 0 N–H and O–H groups in total. The molecule has 2 rings (SSSR count). The molecule has 0 saturated carbocycles. The van der Waals surface area contributed by atoms with Crippen molar-refractivity contribution in [1.29, 1.82) is 0 Å². The van der Waals surface area contributed by atoms with E-state index in [-0.39, 0.29) is 5.41 Å². The lowest BCUT2D eigenvalue weighted by Crippen LogP contribution is -2.44. The normalized spacial score (nSPS) is 33.2. The van der Waals surface area contributed by atoms with E-state index in [0.717, 1.165) is 0 Å². The molecule has 1 atom stereocenters. The molecule has 0 spiro atoms. The van der Waals surface area contributed by atoms with E-state index >= 15 is 0 Å². The van der Waals surface area contributed by atoms with Gasteiger partial charge >= 0.3 is 7.12 Å². The Morgan fingerprint density at radius 2 is 1.43 bits per heavy atom. The molecule has 0 bridgehead atoms. The van der Waals surface area contributed by atoms with Crippen molar-refractivity contribution < 1.29 is 9.31 Å². The zero-order valence-corrected chi connectivity index (χ0v) is 14.0. The van der Waals surface area contributed by atoms with Gasteiger partial charge in [0.2, 0.25) is 0 Å². The van der Waals surface area contributed by atoms with Crippen molar-refractivity contribution in [3.8, 4) is 0 Å². The maximum absolute atomic E-state index is 6.34. The monoisotopic (exact) mass is 276 g/mol. The molecule has 1 aliphatic heterocycles. The van der Waals surface area contributed by atoms with Crippen LogP contribution in [0.5, 0.6) is 0 Å². The standard InChI is InChI=1S/C14H21B5O2/c1-11(2)7-8(15)9(14(17,18)10(11)16)19-20-12(3,4)13(5,6)21-19/h10H,7H2,1-6H3. The SMILES string of the molecule is [B]C1=C(B2OC(C)(C)C(C)(C)O2)C([B])([B])C([B])C(C)(C)C1. The molecule has 104 valence electrons. The molecule has 8 radical (unpaired) electrons. The first-order chi connectivity index (χ1) is 9.22. The molecule has 1 aliphatic carbocycles. The van der Waals surface area contributed by atoms with Gasteiger partial charge in [0.15, 0.2) is 0 Å². The summed E-state index contributed by atoms with van der Waals surface area (Å²) < 4.78 is 12.1. The van der Waals surface area contributed by atoms with Gasteiger partial charge in [0.1, 0.15) is 7.85 Å². The Morgan fingerprint density at radius 1 is 1.00 bits per heavy atom. The highest BCUT2D eigenvalue weighted by atomic mass is 16.7. The Labute approximate surface area is 135 Å². The van der Waals surface area contributed by atoms with E-state index in [0.29, 0.717) is 17.4 Å². The fourth-order valence-corrected chi connectivity index (χ4v) is 3.10. The second kappa shape index (κ2) is 4.74. The van der Waals surface area contributed by atoms with Crippen molar-refractivity contribution in [1.82, 2.24) is 0 Å². The van der Waals surface area contributed by atoms with Gasteiger partial charge in [0.05, 0.1) is 34.7 Å². The molecule has 0 aromatic rings. The van der Waals surface area contributed by atoms with Crippen molar-refractivity contribution >= 4 is 38.5 Å². The van der Waals surface area contributed by atoms with E-state index in [4.69, 9.17) is 40.7 Å². The third-order valence-corrected chi connectivity index (χ3v) is 5.30. The third kappa shape index (κ3) is 2.59. The number of hydrogen-bond acceptors (Lipinski definition) is 2. The minimum absolute atomic E-state index is 0.277. The van der Waals surface area contributed by atoms with Crippen LogP contribution in [0.2, 0.25) is 11.0 Å². The fourth-order valence-electron chi connectivity index (χ4n) is 3.10. The quantitative estimate of drug-likeness (QED) is 0.680. The van der Waals surface area contributed by atoms with E-state index < -0.39 is 29.4 Å². The Balaban J connectivity index is 2.45. The van der Waals surface area contributed by atoms with Crippen LogP contribution in [0.25, 0.3) is 0 Å². The number of hydrogen-bond donors (Lipinski definition) is 0. The lowest BCUT2D eigenvalue weighted by atomic mass is 9.29. The fraction of sp³-hybridized carbons (Fsp3) is 0.857. The number of allylic oxidation sites excluding steroid dienone is 2. The van der Waals surface area contributed by atoms with Crippen LogP contribution in [-0.2, 0) is 9.31 Å². The topological polar surface area (TPSA) is 18.5 Å². The second-order valence-electron chi connectivity index (χ2n) is 8.10. The molecular formula is C14H21B5O2. The van der Waals surface area contributed by atoms with Gasteiger partial charge in [-0.1, -0.05) is 30.4 Å². The van der Waals surface area contributed by atoms with E-state index in [2.05, 4.69) is 0 Å². The highest BCUT2D eigenvalue weighted by molar-refractivity contribution is 6.64. The van der Waals surface area contributed by atoms with Gasteiger partial charge in [-0.05, 0) is 39.5 Å². The zero-order valence-electron chi connectivity index (χ0n) is 14.0. The lowest BCUT2D eigenvalue weighted by molar-refractivity contribution is 0.00578. The van der Waals surface area contributed by atoms with Gasteiger partial charge in [-0.2, -0.15) is 0 Å². The summed E-state index contributed by atoms with van der Waals surface area (Å²) >= 11 is 0. The molecule has 0 aromatic heterocycles. The summed E-state index contributed by atoms with van der Waals surface area (Å²) in [5.74, 6) is -0.439. The Hall–Kier alpha value is -0.0153. The molecule has 0 aromatic carbocycles. The highest BCUT2D eigenvalue weighted by Crippen LogP contribution is 2.58. The van der Waals surface area contributed by atoms with Crippen molar-refractivity contribution in [2.45, 2.75) is 70.2 Å². The Bertz CT molecular complexity index is 466. The number of rotatable bonds is 1. The highest BCUT2D eigenvalue weighted by Gasteiger charge is 2.56. The molecule has 0 amide bonds. The maximum atomic E-state index is 6.34. The summed E-state index contributed by atoms with van der Waals surface area (Å²) in [6.45, 7) is 11.9. The maximum Gasteiger partial charge on any atom is 0.488 e.